The monoisotopic (exact) mass is 307 g/mol. The van der Waals surface area contributed by atoms with Crippen molar-refractivity contribution in [1.82, 2.24) is 15.0 Å². The number of hydrogen-bond acceptors (Lipinski definition) is 8. The van der Waals surface area contributed by atoms with Gasteiger partial charge < -0.3 is 9.80 Å². The Balaban J connectivity index is 2.20. The van der Waals surface area contributed by atoms with Crippen LogP contribution in [0.25, 0.3) is 0 Å². The largest absolute Gasteiger partial charge is 0.347 e. The van der Waals surface area contributed by atoms with Crippen molar-refractivity contribution in [3.05, 3.63) is 22.4 Å². The van der Waals surface area contributed by atoms with Crippen LogP contribution in [0, 0.1) is 0 Å². The van der Waals surface area contributed by atoms with Crippen molar-refractivity contribution in [1.29, 1.82) is 0 Å². The van der Waals surface area contributed by atoms with Crippen LogP contribution in [0.2, 0.25) is 0 Å². The number of hydrazine groups is 1. The minimum absolute atomic E-state index is 0.270. The maximum absolute atomic E-state index is 5.44. The number of hydrogen-bond donors (Lipinski definition) is 2. The zero-order chi connectivity index (χ0) is 15.4. The van der Waals surface area contributed by atoms with Gasteiger partial charge in [-0.05, 0) is 18.4 Å². The van der Waals surface area contributed by atoms with Crippen molar-refractivity contribution in [2.24, 2.45) is 5.84 Å². The van der Waals surface area contributed by atoms with Crippen LogP contribution in [0.1, 0.15) is 11.8 Å². The van der Waals surface area contributed by atoms with E-state index in [2.05, 4.69) is 44.8 Å². The highest BCUT2D eigenvalue weighted by molar-refractivity contribution is 7.09. The summed E-state index contributed by atoms with van der Waals surface area (Å²) >= 11 is 1.76. The second-order valence-electron chi connectivity index (χ2n) is 5.04. The highest BCUT2D eigenvalue weighted by Gasteiger charge is 2.16. The van der Waals surface area contributed by atoms with E-state index in [1.807, 2.05) is 30.9 Å². The molecule has 0 aromatic carbocycles. The maximum atomic E-state index is 5.44. The van der Waals surface area contributed by atoms with Gasteiger partial charge in [-0.25, -0.2) is 5.84 Å². The Labute approximate surface area is 128 Å². The predicted octanol–water partition coefficient (Wildman–Crippen LogP) is 1.35. The number of thiophene rings is 1. The molecule has 2 aromatic rings. The number of likely N-dealkylation sites (N-methyl/N-ethyl adjacent to an activating group) is 1. The Hall–Kier alpha value is -1.93. The zero-order valence-electron chi connectivity index (χ0n) is 12.7. The molecule has 0 bridgehead atoms. The molecule has 2 rings (SSSR count). The van der Waals surface area contributed by atoms with Crippen LogP contribution in [0.5, 0.6) is 0 Å². The summed E-state index contributed by atoms with van der Waals surface area (Å²) in [6.07, 6.45) is 0.947. The third kappa shape index (κ3) is 3.79. The van der Waals surface area contributed by atoms with E-state index in [4.69, 9.17) is 5.84 Å². The molecule has 0 aliphatic rings. The van der Waals surface area contributed by atoms with Crippen LogP contribution < -0.4 is 21.1 Å². The van der Waals surface area contributed by atoms with Crippen molar-refractivity contribution in [2.45, 2.75) is 19.4 Å². The first-order valence-electron chi connectivity index (χ1n) is 6.66. The summed E-state index contributed by atoms with van der Waals surface area (Å²) in [4.78, 5) is 18.2. The second kappa shape index (κ2) is 6.68. The van der Waals surface area contributed by atoms with E-state index in [0.29, 0.717) is 17.8 Å². The predicted molar refractivity (Wildman–Crippen MR) is 87.9 cm³/mol. The maximum Gasteiger partial charge on any atom is 0.243 e. The smallest absolute Gasteiger partial charge is 0.243 e. The lowest BCUT2D eigenvalue weighted by Crippen LogP contribution is -2.33. The minimum Gasteiger partial charge on any atom is -0.347 e. The van der Waals surface area contributed by atoms with Gasteiger partial charge in [0.1, 0.15) is 0 Å². The van der Waals surface area contributed by atoms with Crippen molar-refractivity contribution in [2.75, 3.05) is 36.4 Å². The summed E-state index contributed by atoms with van der Waals surface area (Å²) in [5, 5.41) is 2.09. The van der Waals surface area contributed by atoms with Crippen LogP contribution in [-0.2, 0) is 6.42 Å². The third-order valence-electron chi connectivity index (χ3n) is 3.19. The number of nitrogen functional groups attached to an aromatic ring is 1. The van der Waals surface area contributed by atoms with E-state index in [1.165, 1.54) is 4.88 Å². The average molecular weight is 307 g/mol. The van der Waals surface area contributed by atoms with E-state index in [1.54, 1.807) is 11.3 Å². The number of nitrogens with one attached hydrogen (secondary N) is 1. The number of aromatic nitrogens is 3. The first-order valence-corrected chi connectivity index (χ1v) is 7.54. The Bertz CT molecular complexity index is 570. The minimum atomic E-state index is 0.270. The summed E-state index contributed by atoms with van der Waals surface area (Å²) in [7, 11) is 5.75. The fraction of sp³-hybridized carbons (Fsp3) is 0.462. The van der Waals surface area contributed by atoms with Crippen molar-refractivity contribution in [3.8, 4) is 0 Å². The normalized spacial score (nSPS) is 12.0. The number of nitrogens with zero attached hydrogens (tertiary/aromatic N) is 5. The molecule has 21 heavy (non-hydrogen) atoms. The Morgan fingerprint density at radius 2 is 1.95 bits per heavy atom. The van der Waals surface area contributed by atoms with Gasteiger partial charge in [0.05, 0.1) is 0 Å². The fourth-order valence-electron chi connectivity index (χ4n) is 1.83. The molecule has 8 heteroatoms. The molecule has 0 radical (unpaired) electrons. The molecular weight excluding hydrogens is 286 g/mol. The highest BCUT2D eigenvalue weighted by atomic mass is 32.1. The van der Waals surface area contributed by atoms with E-state index >= 15 is 0 Å². The van der Waals surface area contributed by atoms with Crippen molar-refractivity contribution in [3.63, 3.8) is 0 Å². The molecule has 0 amide bonds. The van der Waals surface area contributed by atoms with E-state index in [0.717, 1.165) is 6.42 Å². The molecule has 1 atom stereocenters. The van der Waals surface area contributed by atoms with Gasteiger partial charge in [-0.15, -0.1) is 11.3 Å². The van der Waals surface area contributed by atoms with Crippen molar-refractivity contribution < 1.29 is 0 Å². The molecule has 0 spiro atoms. The first-order chi connectivity index (χ1) is 10.0. The SMILES string of the molecule is CC(Cc1cccs1)N(C)c1nc(NN)nc(N(C)C)n1. The molecule has 3 N–H and O–H groups in total. The number of anilines is 3. The summed E-state index contributed by atoms with van der Waals surface area (Å²) in [6.45, 7) is 2.15. The second-order valence-corrected chi connectivity index (χ2v) is 6.07. The lowest BCUT2D eigenvalue weighted by atomic mass is 10.2. The lowest BCUT2D eigenvalue weighted by molar-refractivity contribution is 0.668. The summed E-state index contributed by atoms with van der Waals surface area (Å²) < 4.78 is 0. The van der Waals surface area contributed by atoms with Crippen molar-refractivity contribution >= 4 is 29.2 Å². The standard InChI is InChI=1S/C13H21N7S/c1-9(8-10-6-5-7-21-10)20(4)13-16-11(18-14)15-12(17-13)19(2)3/h5-7,9H,8,14H2,1-4H3,(H,15,16,17,18). The molecule has 0 fully saturated rings. The summed E-state index contributed by atoms with van der Waals surface area (Å²) in [6, 6.07) is 4.48. The van der Waals surface area contributed by atoms with Gasteiger partial charge in [0.25, 0.3) is 0 Å². The Kier molecular flexibility index (Phi) is 4.92. The van der Waals surface area contributed by atoms with E-state index < -0.39 is 0 Å². The molecule has 2 aromatic heterocycles. The van der Waals surface area contributed by atoms with Gasteiger partial charge in [0.15, 0.2) is 0 Å². The fourth-order valence-corrected chi connectivity index (χ4v) is 2.66. The topological polar surface area (TPSA) is 83.2 Å². The van der Waals surface area contributed by atoms with Crippen LogP contribution in [0.3, 0.4) is 0 Å². The summed E-state index contributed by atoms with van der Waals surface area (Å²) in [5.41, 5.74) is 2.49. The number of nitrogens with two attached hydrogens (primary N) is 1. The lowest BCUT2D eigenvalue weighted by Gasteiger charge is -2.25. The molecule has 2 heterocycles. The molecular formula is C13H21N7S. The first kappa shape index (κ1) is 15.5. The average Bonchev–Trinajstić information content (AvgIpc) is 2.98. The third-order valence-corrected chi connectivity index (χ3v) is 4.09. The van der Waals surface area contributed by atoms with E-state index in [-0.39, 0.29) is 6.04 Å². The Morgan fingerprint density at radius 1 is 1.24 bits per heavy atom. The van der Waals surface area contributed by atoms with Gasteiger partial charge in [0.2, 0.25) is 17.8 Å². The zero-order valence-corrected chi connectivity index (χ0v) is 13.6. The molecule has 0 aliphatic carbocycles. The van der Waals surface area contributed by atoms with Crippen LogP contribution >= 0.6 is 11.3 Å². The number of rotatable bonds is 6. The quantitative estimate of drug-likeness (QED) is 0.615. The van der Waals surface area contributed by atoms with Gasteiger partial charge >= 0.3 is 0 Å². The Morgan fingerprint density at radius 3 is 2.52 bits per heavy atom. The van der Waals surface area contributed by atoms with E-state index in [9.17, 15) is 0 Å². The van der Waals surface area contributed by atoms with Gasteiger partial charge in [-0.2, -0.15) is 15.0 Å². The highest BCUT2D eigenvalue weighted by Crippen LogP contribution is 2.19. The van der Waals surface area contributed by atoms with Gasteiger partial charge in [-0.3, -0.25) is 5.43 Å². The van der Waals surface area contributed by atoms with Crippen LogP contribution in [-0.4, -0.2) is 42.1 Å². The van der Waals surface area contributed by atoms with Crippen LogP contribution in [0.4, 0.5) is 17.8 Å². The molecule has 0 aliphatic heterocycles. The van der Waals surface area contributed by atoms with Gasteiger partial charge in [-0.1, -0.05) is 6.07 Å². The molecule has 7 nitrogen and oxygen atoms in total. The molecule has 1 unspecified atom stereocenters. The molecule has 114 valence electrons. The molecule has 0 saturated heterocycles. The van der Waals surface area contributed by atoms with Crippen LogP contribution in [0.15, 0.2) is 17.5 Å². The summed E-state index contributed by atoms with van der Waals surface area (Å²) in [5.74, 6) is 6.97. The van der Waals surface area contributed by atoms with Gasteiger partial charge in [0, 0.05) is 38.5 Å². The molecule has 0 saturated carbocycles.